The quantitative estimate of drug-likeness (QED) is 0.666. The summed E-state index contributed by atoms with van der Waals surface area (Å²) < 4.78 is 0. The minimum Gasteiger partial charge on any atom is -0.360 e. The molecule has 0 aliphatic rings. The van der Waals surface area contributed by atoms with Crippen LogP contribution < -0.4 is 10.6 Å². The van der Waals surface area contributed by atoms with E-state index in [0.29, 0.717) is 11.3 Å². The lowest BCUT2D eigenvalue weighted by Gasteiger charge is -2.07. The number of anilines is 2. The van der Waals surface area contributed by atoms with Crippen LogP contribution in [0.3, 0.4) is 0 Å². The van der Waals surface area contributed by atoms with Gasteiger partial charge in [-0.2, -0.15) is 10.5 Å². The van der Waals surface area contributed by atoms with Gasteiger partial charge in [-0.3, -0.25) is 4.79 Å². The number of nitrogens with zero attached hydrogens (tertiary/aromatic N) is 2. The molecule has 24 heavy (non-hydrogen) atoms. The highest BCUT2D eigenvalue weighted by molar-refractivity contribution is 6.07. The van der Waals surface area contributed by atoms with E-state index in [1.54, 1.807) is 24.3 Å². The van der Waals surface area contributed by atoms with Crippen molar-refractivity contribution in [3.05, 3.63) is 70.9 Å². The summed E-state index contributed by atoms with van der Waals surface area (Å²) in [4.78, 5) is 12.2. The zero-order chi connectivity index (χ0) is 17.5. The van der Waals surface area contributed by atoms with Crippen LogP contribution in [0.5, 0.6) is 0 Å². The molecule has 0 bridgehead atoms. The van der Waals surface area contributed by atoms with Crippen LogP contribution in [-0.4, -0.2) is 5.91 Å². The van der Waals surface area contributed by atoms with Crippen molar-refractivity contribution in [2.24, 2.45) is 0 Å². The molecule has 0 aliphatic carbocycles. The third kappa shape index (κ3) is 4.22. The van der Waals surface area contributed by atoms with Crippen LogP contribution in [-0.2, 0) is 4.79 Å². The van der Waals surface area contributed by atoms with E-state index in [-0.39, 0.29) is 5.57 Å². The van der Waals surface area contributed by atoms with Gasteiger partial charge in [0, 0.05) is 11.9 Å². The number of benzene rings is 2. The predicted octanol–water partition coefficient (Wildman–Crippen LogP) is 3.63. The van der Waals surface area contributed by atoms with Crippen LogP contribution in [0.15, 0.2) is 54.2 Å². The Kier molecular flexibility index (Phi) is 5.33. The molecule has 0 aromatic heterocycles. The lowest BCUT2D eigenvalue weighted by molar-refractivity contribution is -0.112. The Labute approximate surface area is 140 Å². The smallest absolute Gasteiger partial charge is 0.267 e. The summed E-state index contributed by atoms with van der Waals surface area (Å²) in [6.45, 7) is 3.94. The molecule has 2 N–H and O–H groups in total. The summed E-state index contributed by atoms with van der Waals surface area (Å²) >= 11 is 0. The van der Waals surface area contributed by atoms with Crippen LogP contribution in [0.25, 0.3) is 0 Å². The highest BCUT2D eigenvalue weighted by Crippen LogP contribution is 2.16. The van der Waals surface area contributed by atoms with E-state index in [0.717, 1.165) is 16.8 Å². The molecule has 0 atom stereocenters. The third-order valence-electron chi connectivity index (χ3n) is 3.27. The standard InChI is InChI=1S/C19H16N4O/c1-13-7-14(2)9-17(8-13)22-12-16(11-21)19(24)23-18-6-4-3-5-15(18)10-20/h3-9,12,22H,1-2H3,(H,23,24)/b16-12-. The topological polar surface area (TPSA) is 88.7 Å². The molecule has 0 radical (unpaired) electrons. The van der Waals surface area contributed by atoms with Crippen molar-refractivity contribution < 1.29 is 4.79 Å². The second kappa shape index (κ2) is 7.62. The van der Waals surface area contributed by atoms with Crippen LogP contribution >= 0.6 is 0 Å². The number of carbonyl (C=O) groups excluding carboxylic acids is 1. The van der Waals surface area contributed by atoms with Gasteiger partial charge in [-0.1, -0.05) is 18.2 Å². The maximum Gasteiger partial charge on any atom is 0.267 e. The summed E-state index contributed by atoms with van der Waals surface area (Å²) in [5.41, 5.74) is 3.59. The van der Waals surface area contributed by atoms with Crippen LogP contribution in [0.1, 0.15) is 16.7 Å². The Morgan fingerprint density at radius 3 is 2.38 bits per heavy atom. The Bertz CT molecular complexity index is 865. The van der Waals surface area contributed by atoms with Gasteiger partial charge in [0.05, 0.1) is 11.3 Å². The Morgan fingerprint density at radius 1 is 1.08 bits per heavy atom. The normalized spacial score (nSPS) is 10.4. The molecule has 5 heteroatoms. The molecule has 0 spiro atoms. The highest BCUT2D eigenvalue weighted by atomic mass is 16.1. The second-order valence-corrected chi connectivity index (χ2v) is 5.30. The molecule has 0 unspecified atom stereocenters. The third-order valence-corrected chi connectivity index (χ3v) is 3.27. The molecule has 0 aliphatic heterocycles. The number of para-hydroxylation sites is 1. The largest absolute Gasteiger partial charge is 0.360 e. The number of hydrogen-bond acceptors (Lipinski definition) is 4. The summed E-state index contributed by atoms with van der Waals surface area (Å²) in [7, 11) is 0. The van der Waals surface area contributed by atoms with Crippen molar-refractivity contribution >= 4 is 17.3 Å². The molecular weight excluding hydrogens is 300 g/mol. The van der Waals surface area contributed by atoms with Gasteiger partial charge in [-0.25, -0.2) is 0 Å². The van der Waals surface area contributed by atoms with Gasteiger partial charge in [-0.15, -0.1) is 0 Å². The van der Waals surface area contributed by atoms with Crippen molar-refractivity contribution in [1.29, 1.82) is 10.5 Å². The zero-order valence-electron chi connectivity index (χ0n) is 13.4. The SMILES string of the molecule is Cc1cc(C)cc(N/C=C(/C#N)C(=O)Nc2ccccc2C#N)c1. The number of aryl methyl sites for hydroxylation is 2. The number of nitrogens with one attached hydrogen (secondary N) is 2. The van der Waals surface area contributed by atoms with Gasteiger partial charge in [0.15, 0.2) is 0 Å². The molecule has 0 saturated carbocycles. The maximum atomic E-state index is 12.2. The lowest BCUT2D eigenvalue weighted by atomic mass is 10.1. The van der Waals surface area contributed by atoms with E-state index in [1.165, 1.54) is 6.20 Å². The summed E-state index contributed by atoms with van der Waals surface area (Å²) in [5.74, 6) is -0.572. The average molecular weight is 316 g/mol. The van der Waals surface area contributed by atoms with Gasteiger partial charge in [0.25, 0.3) is 5.91 Å². The predicted molar refractivity (Wildman–Crippen MR) is 93.0 cm³/mol. The van der Waals surface area contributed by atoms with Crippen LogP contribution in [0, 0.1) is 36.5 Å². The van der Waals surface area contributed by atoms with Gasteiger partial charge in [0.2, 0.25) is 0 Å². The van der Waals surface area contributed by atoms with E-state index in [4.69, 9.17) is 5.26 Å². The molecular formula is C19H16N4O. The zero-order valence-corrected chi connectivity index (χ0v) is 13.4. The molecule has 118 valence electrons. The van der Waals surface area contributed by atoms with E-state index in [1.807, 2.05) is 44.2 Å². The number of carbonyl (C=O) groups is 1. The fourth-order valence-electron chi connectivity index (χ4n) is 2.24. The number of amides is 1. The molecule has 0 saturated heterocycles. The van der Waals surface area contributed by atoms with Gasteiger partial charge in [-0.05, 0) is 49.2 Å². The minimum atomic E-state index is -0.572. The van der Waals surface area contributed by atoms with Crippen LogP contribution in [0.4, 0.5) is 11.4 Å². The molecule has 1 amide bonds. The molecule has 2 rings (SSSR count). The van der Waals surface area contributed by atoms with Gasteiger partial charge >= 0.3 is 0 Å². The van der Waals surface area contributed by atoms with E-state index in [2.05, 4.69) is 10.6 Å². The minimum absolute atomic E-state index is 0.0816. The first-order chi connectivity index (χ1) is 11.5. The van der Waals surface area contributed by atoms with Crippen molar-refractivity contribution in [2.45, 2.75) is 13.8 Å². The monoisotopic (exact) mass is 316 g/mol. The maximum absolute atomic E-state index is 12.2. The Balaban J connectivity index is 2.17. The lowest BCUT2D eigenvalue weighted by Crippen LogP contribution is -2.15. The summed E-state index contributed by atoms with van der Waals surface area (Å²) in [6.07, 6.45) is 1.36. The first-order valence-electron chi connectivity index (χ1n) is 7.29. The van der Waals surface area contributed by atoms with E-state index < -0.39 is 5.91 Å². The first kappa shape index (κ1) is 16.8. The number of hydrogen-bond donors (Lipinski definition) is 2. The molecule has 2 aromatic carbocycles. The first-order valence-corrected chi connectivity index (χ1v) is 7.29. The van der Waals surface area contributed by atoms with E-state index in [9.17, 15) is 10.1 Å². The average Bonchev–Trinajstić information content (AvgIpc) is 2.55. The molecule has 5 nitrogen and oxygen atoms in total. The molecule has 0 fully saturated rings. The number of nitriles is 2. The fourth-order valence-corrected chi connectivity index (χ4v) is 2.24. The summed E-state index contributed by atoms with van der Waals surface area (Å²) in [6, 6.07) is 16.4. The van der Waals surface area contributed by atoms with Crippen LogP contribution in [0.2, 0.25) is 0 Å². The Morgan fingerprint density at radius 2 is 1.75 bits per heavy atom. The molecule has 2 aromatic rings. The van der Waals surface area contributed by atoms with Gasteiger partial charge in [0.1, 0.15) is 17.7 Å². The highest BCUT2D eigenvalue weighted by Gasteiger charge is 2.11. The van der Waals surface area contributed by atoms with E-state index >= 15 is 0 Å². The van der Waals surface area contributed by atoms with Crippen molar-refractivity contribution in [3.63, 3.8) is 0 Å². The van der Waals surface area contributed by atoms with Crippen molar-refractivity contribution in [1.82, 2.24) is 0 Å². The summed E-state index contributed by atoms with van der Waals surface area (Å²) in [5, 5.41) is 23.8. The number of rotatable bonds is 4. The van der Waals surface area contributed by atoms with Crippen molar-refractivity contribution in [2.75, 3.05) is 10.6 Å². The molecule has 0 heterocycles. The second-order valence-electron chi connectivity index (χ2n) is 5.30. The van der Waals surface area contributed by atoms with Crippen molar-refractivity contribution in [3.8, 4) is 12.1 Å². The fraction of sp³-hybridized carbons (Fsp3) is 0.105. The Hall–Kier alpha value is -3.57. The van der Waals surface area contributed by atoms with Gasteiger partial charge < -0.3 is 10.6 Å².